The van der Waals surface area contributed by atoms with Gasteiger partial charge in [0.2, 0.25) is 0 Å². The third-order valence-corrected chi connectivity index (χ3v) is 5.59. The lowest BCUT2D eigenvalue weighted by molar-refractivity contribution is 0.193. The van der Waals surface area contributed by atoms with Gasteiger partial charge in [-0.25, -0.2) is 4.68 Å². The number of rotatable bonds is 3. The molecule has 0 spiro atoms. The quantitative estimate of drug-likeness (QED) is 0.946. The van der Waals surface area contributed by atoms with Crippen molar-refractivity contribution in [1.82, 2.24) is 20.0 Å². The third kappa shape index (κ3) is 2.70. The van der Waals surface area contributed by atoms with Gasteiger partial charge in [-0.05, 0) is 51.8 Å². The lowest BCUT2D eigenvalue weighted by atomic mass is 10.1. The van der Waals surface area contributed by atoms with E-state index in [4.69, 9.17) is 5.10 Å². The van der Waals surface area contributed by atoms with E-state index in [2.05, 4.69) is 59.1 Å². The summed E-state index contributed by atoms with van der Waals surface area (Å²) >= 11 is 0. The van der Waals surface area contributed by atoms with Gasteiger partial charge in [0.15, 0.2) is 0 Å². The van der Waals surface area contributed by atoms with Crippen molar-refractivity contribution in [3.8, 4) is 5.69 Å². The van der Waals surface area contributed by atoms with Gasteiger partial charge in [-0.15, -0.1) is 0 Å². The molecule has 2 aliphatic heterocycles. The molecule has 1 N–H and O–H groups in total. The molecular weight excluding hydrogens is 284 g/mol. The molecule has 0 unspecified atom stereocenters. The summed E-state index contributed by atoms with van der Waals surface area (Å²) in [4.78, 5) is 2.73. The predicted octanol–water partition coefficient (Wildman–Crippen LogP) is 2.82. The molecule has 0 aliphatic carbocycles. The van der Waals surface area contributed by atoms with E-state index in [1.54, 1.807) is 0 Å². The Morgan fingerprint density at radius 3 is 2.70 bits per heavy atom. The van der Waals surface area contributed by atoms with Gasteiger partial charge >= 0.3 is 0 Å². The van der Waals surface area contributed by atoms with E-state index in [-0.39, 0.29) is 0 Å². The van der Waals surface area contributed by atoms with Crippen LogP contribution in [0.4, 0.5) is 0 Å². The van der Waals surface area contributed by atoms with E-state index >= 15 is 0 Å². The summed E-state index contributed by atoms with van der Waals surface area (Å²) in [5.41, 5.74) is 5.01. The summed E-state index contributed by atoms with van der Waals surface area (Å²) < 4.78 is 2.10. The van der Waals surface area contributed by atoms with Gasteiger partial charge in [-0.3, -0.25) is 4.90 Å². The maximum Gasteiger partial charge on any atom is 0.0648 e. The van der Waals surface area contributed by atoms with Crippen LogP contribution >= 0.6 is 0 Å². The van der Waals surface area contributed by atoms with Crippen LogP contribution in [-0.2, 0) is 6.54 Å². The minimum absolute atomic E-state index is 0.696. The van der Waals surface area contributed by atoms with Crippen molar-refractivity contribution in [3.05, 3.63) is 47.3 Å². The Morgan fingerprint density at radius 2 is 1.87 bits per heavy atom. The highest BCUT2D eigenvalue weighted by Gasteiger charge is 2.35. The highest BCUT2D eigenvalue weighted by molar-refractivity contribution is 5.37. The SMILES string of the molecule is Cc1nn(-c2ccccc2)c(C)c1CN1[C@H]2CCNC[C@@H]1CC2. The normalized spacial score (nSPS) is 24.8. The molecule has 1 aromatic heterocycles. The zero-order valence-corrected chi connectivity index (χ0v) is 14.1. The molecule has 2 aromatic rings. The minimum Gasteiger partial charge on any atom is -0.315 e. The molecule has 122 valence electrons. The second-order valence-corrected chi connectivity index (χ2v) is 6.95. The lowest BCUT2D eigenvalue weighted by Crippen LogP contribution is -2.37. The number of hydrogen-bond acceptors (Lipinski definition) is 3. The minimum atomic E-state index is 0.696. The van der Waals surface area contributed by atoms with Crippen LogP contribution in [0, 0.1) is 13.8 Å². The average Bonchev–Trinajstić information content (AvgIpc) is 2.97. The molecule has 2 saturated heterocycles. The first-order chi connectivity index (χ1) is 11.2. The van der Waals surface area contributed by atoms with E-state index in [9.17, 15) is 0 Å². The maximum atomic E-state index is 4.81. The van der Waals surface area contributed by atoms with Crippen molar-refractivity contribution in [1.29, 1.82) is 0 Å². The van der Waals surface area contributed by atoms with Crippen LogP contribution in [0.3, 0.4) is 0 Å². The maximum absolute atomic E-state index is 4.81. The second-order valence-electron chi connectivity index (χ2n) is 6.95. The number of fused-ring (bicyclic) bond motifs is 2. The molecule has 2 fully saturated rings. The van der Waals surface area contributed by atoms with E-state index < -0.39 is 0 Å². The summed E-state index contributed by atoms with van der Waals surface area (Å²) in [6, 6.07) is 11.9. The molecule has 23 heavy (non-hydrogen) atoms. The highest BCUT2D eigenvalue weighted by atomic mass is 15.3. The smallest absolute Gasteiger partial charge is 0.0648 e. The number of aromatic nitrogens is 2. The van der Waals surface area contributed by atoms with Crippen LogP contribution in [-0.4, -0.2) is 39.9 Å². The third-order valence-electron chi connectivity index (χ3n) is 5.59. The van der Waals surface area contributed by atoms with Crippen molar-refractivity contribution >= 4 is 0 Å². The number of aryl methyl sites for hydroxylation is 1. The monoisotopic (exact) mass is 310 g/mol. The standard InChI is InChI=1S/C19H26N4/c1-14-19(13-22-16-8-9-18(22)12-20-11-10-16)15(2)23(21-14)17-6-4-3-5-7-17/h3-7,16,18,20H,8-13H2,1-2H3/t16-,18+/m1/s1. The molecule has 4 heteroatoms. The molecule has 4 nitrogen and oxygen atoms in total. The molecule has 2 aliphatic rings. The number of hydrogen-bond donors (Lipinski definition) is 1. The van der Waals surface area contributed by atoms with Crippen LogP contribution in [0.25, 0.3) is 5.69 Å². The molecule has 3 heterocycles. The van der Waals surface area contributed by atoms with Crippen molar-refractivity contribution in [2.45, 2.75) is 51.7 Å². The van der Waals surface area contributed by atoms with Crippen LogP contribution in [0.5, 0.6) is 0 Å². The first-order valence-corrected chi connectivity index (χ1v) is 8.81. The molecular formula is C19H26N4. The van der Waals surface area contributed by atoms with E-state index in [0.29, 0.717) is 6.04 Å². The largest absolute Gasteiger partial charge is 0.315 e. The van der Waals surface area contributed by atoms with E-state index in [1.807, 2.05) is 0 Å². The Hall–Kier alpha value is -1.65. The zero-order chi connectivity index (χ0) is 15.8. The van der Waals surface area contributed by atoms with Gasteiger partial charge in [0.25, 0.3) is 0 Å². The molecule has 1 aromatic carbocycles. The van der Waals surface area contributed by atoms with E-state index in [0.717, 1.165) is 24.8 Å². The Labute approximate surface area is 138 Å². The van der Waals surface area contributed by atoms with Crippen molar-refractivity contribution < 1.29 is 0 Å². The molecule has 0 saturated carbocycles. The van der Waals surface area contributed by atoms with Crippen molar-refractivity contribution in [3.63, 3.8) is 0 Å². The first-order valence-electron chi connectivity index (χ1n) is 8.81. The van der Waals surface area contributed by atoms with Crippen molar-refractivity contribution in [2.24, 2.45) is 0 Å². The summed E-state index contributed by atoms with van der Waals surface area (Å²) in [5, 5.41) is 8.41. The van der Waals surface area contributed by atoms with Crippen LogP contribution in [0.1, 0.15) is 36.2 Å². The Bertz CT molecular complexity index is 662. The summed E-state index contributed by atoms with van der Waals surface area (Å²) in [5.74, 6) is 0. The molecule has 2 bridgehead atoms. The molecule has 0 radical (unpaired) electrons. The van der Waals surface area contributed by atoms with Gasteiger partial charge in [0.05, 0.1) is 11.4 Å². The van der Waals surface area contributed by atoms with E-state index in [1.165, 1.54) is 42.8 Å². The number of nitrogens with zero attached hydrogens (tertiary/aromatic N) is 3. The Balaban J connectivity index is 1.64. The van der Waals surface area contributed by atoms with Crippen LogP contribution in [0.2, 0.25) is 0 Å². The number of para-hydroxylation sites is 1. The topological polar surface area (TPSA) is 33.1 Å². The number of benzene rings is 1. The van der Waals surface area contributed by atoms with Gasteiger partial charge in [0, 0.05) is 36.4 Å². The van der Waals surface area contributed by atoms with Gasteiger partial charge in [0.1, 0.15) is 0 Å². The Morgan fingerprint density at radius 1 is 1.09 bits per heavy atom. The summed E-state index contributed by atoms with van der Waals surface area (Å²) in [7, 11) is 0. The predicted molar refractivity (Wildman–Crippen MR) is 92.9 cm³/mol. The molecule has 2 atom stereocenters. The fraction of sp³-hybridized carbons (Fsp3) is 0.526. The second kappa shape index (κ2) is 6.10. The van der Waals surface area contributed by atoms with Crippen molar-refractivity contribution in [2.75, 3.05) is 13.1 Å². The van der Waals surface area contributed by atoms with Crippen LogP contribution in [0.15, 0.2) is 30.3 Å². The highest BCUT2D eigenvalue weighted by Crippen LogP contribution is 2.31. The fourth-order valence-corrected chi connectivity index (χ4v) is 4.25. The molecule has 4 rings (SSSR count). The summed E-state index contributed by atoms with van der Waals surface area (Å²) in [6.07, 6.45) is 3.97. The summed E-state index contributed by atoms with van der Waals surface area (Å²) in [6.45, 7) is 7.71. The van der Waals surface area contributed by atoms with Gasteiger partial charge in [-0.2, -0.15) is 5.10 Å². The number of nitrogens with one attached hydrogen (secondary N) is 1. The first kappa shape index (κ1) is 14.9. The van der Waals surface area contributed by atoms with Gasteiger partial charge < -0.3 is 5.32 Å². The average molecular weight is 310 g/mol. The molecule has 0 amide bonds. The zero-order valence-electron chi connectivity index (χ0n) is 14.1. The fourth-order valence-electron chi connectivity index (χ4n) is 4.25. The van der Waals surface area contributed by atoms with Gasteiger partial charge in [-0.1, -0.05) is 18.2 Å². The van der Waals surface area contributed by atoms with Crippen LogP contribution < -0.4 is 5.32 Å². The lowest BCUT2D eigenvalue weighted by Gasteiger charge is -2.27. The Kier molecular flexibility index (Phi) is 3.95.